The van der Waals surface area contributed by atoms with Crippen molar-refractivity contribution in [2.75, 3.05) is 39.3 Å². The fraction of sp³-hybridized carbons (Fsp3) is 0.333. The summed E-state index contributed by atoms with van der Waals surface area (Å²) in [5.74, 6) is 0. The molecule has 0 saturated heterocycles. The van der Waals surface area contributed by atoms with Crippen molar-refractivity contribution in [3.05, 3.63) is 144 Å². The molecule has 0 heterocycles. The Labute approximate surface area is 316 Å². The van der Waals surface area contributed by atoms with Crippen LogP contribution in [0, 0.1) is 0 Å². The highest BCUT2D eigenvalue weighted by atomic mass is 35.5. The summed E-state index contributed by atoms with van der Waals surface area (Å²) >= 11 is 11.2. The van der Waals surface area contributed by atoms with Crippen LogP contribution in [0.3, 0.4) is 0 Å². The molecule has 264 valence electrons. The molecule has 0 unspecified atom stereocenters. The molecule has 0 radical (unpaired) electrons. The average molecular weight is 740 g/mol. The van der Waals surface area contributed by atoms with Crippen LogP contribution in [0.5, 0.6) is 0 Å². The minimum Gasteiger partial charge on any atom is -0.363 e. The fourth-order valence-electron chi connectivity index (χ4n) is 5.42. The van der Waals surface area contributed by atoms with Crippen LogP contribution in [0.4, 0.5) is 0 Å². The second-order valence-electron chi connectivity index (χ2n) is 11.6. The van der Waals surface area contributed by atoms with Gasteiger partial charge in [0.1, 0.15) is 0 Å². The lowest BCUT2D eigenvalue weighted by Crippen LogP contribution is -2.39. The number of rotatable bonds is 20. The lowest BCUT2D eigenvalue weighted by Gasteiger charge is -2.22. The van der Waals surface area contributed by atoms with Gasteiger partial charge in [0.05, 0.1) is 12.1 Å². The van der Waals surface area contributed by atoms with E-state index in [0.717, 1.165) is 52.1 Å². The van der Waals surface area contributed by atoms with E-state index in [9.17, 15) is 0 Å². The standard InChI is InChI=1S/C39H50N6S2.2ClH/c46-38(44-36(32-18-6-1-7-19-32)33-20-8-2-9-21-33)42-30-16-28-40-26-14-5-15-27-41-29-17-31-43-39(47)45-37(34-22-10-3-11-23-34)35-24-12-4-13-25-35;;/h1-4,6-13,18-25,36-37,40-41H,5,14-17,26-31H2,(H2,42,44,46)(H2,43,45,47);2*1H. The van der Waals surface area contributed by atoms with Gasteiger partial charge in [-0.2, -0.15) is 0 Å². The summed E-state index contributed by atoms with van der Waals surface area (Å²) in [6, 6.07) is 41.8. The Morgan fingerprint density at radius 2 is 0.673 bits per heavy atom. The Morgan fingerprint density at radius 3 is 0.980 bits per heavy atom. The minimum absolute atomic E-state index is 0. The van der Waals surface area contributed by atoms with Gasteiger partial charge in [0, 0.05) is 13.1 Å². The quantitative estimate of drug-likeness (QED) is 0.0413. The minimum atomic E-state index is 0. The van der Waals surface area contributed by atoms with Gasteiger partial charge in [0.2, 0.25) is 0 Å². The van der Waals surface area contributed by atoms with E-state index >= 15 is 0 Å². The van der Waals surface area contributed by atoms with Crippen molar-refractivity contribution in [3.8, 4) is 0 Å². The second-order valence-corrected chi connectivity index (χ2v) is 12.4. The number of thiocarbonyl (C=S) groups is 2. The lowest BCUT2D eigenvalue weighted by atomic mass is 9.99. The van der Waals surface area contributed by atoms with E-state index in [2.05, 4.69) is 129 Å². The fourth-order valence-corrected chi connectivity index (χ4v) is 5.86. The number of hydrogen-bond donors (Lipinski definition) is 6. The van der Waals surface area contributed by atoms with Crippen molar-refractivity contribution in [1.82, 2.24) is 31.9 Å². The van der Waals surface area contributed by atoms with E-state index in [1.807, 2.05) is 24.3 Å². The molecule has 6 nitrogen and oxygen atoms in total. The number of halogens is 2. The molecule has 6 N–H and O–H groups in total. The van der Waals surface area contributed by atoms with Crippen molar-refractivity contribution < 1.29 is 0 Å². The molecule has 0 spiro atoms. The molecule has 0 aromatic heterocycles. The van der Waals surface area contributed by atoms with Gasteiger partial charge in [-0.15, -0.1) is 24.8 Å². The van der Waals surface area contributed by atoms with E-state index in [4.69, 9.17) is 24.4 Å². The molecule has 0 amide bonds. The van der Waals surface area contributed by atoms with Crippen LogP contribution in [0.1, 0.15) is 66.4 Å². The molecule has 49 heavy (non-hydrogen) atoms. The molecule has 0 fully saturated rings. The Morgan fingerprint density at radius 1 is 0.388 bits per heavy atom. The Hall–Kier alpha value is -3.24. The molecule has 0 aliphatic rings. The zero-order valence-corrected chi connectivity index (χ0v) is 31.4. The van der Waals surface area contributed by atoms with Crippen LogP contribution in [-0.2, 0) is 0 Å². The van der Waals surface area contributed by atoms with E-state index in [1.165, 1.54) is 41.5 Å². The predicted molar refractivity (Wildman–Crippen MR) is 220 cm³/mol. The Kier molecular flexibility index (Phi) is 22.0. The monoisotopic (exact) mass is 738 g/mol. The van der Waals surface area contributed by atoms with Gasteiger partial charge in [0.25, 0.3) is 0 Å². The largest absolute Gasteiger partial charge is 0.363 e. The van der Waals surface area contributed by atoms with E-state index in [-0.39, 0.29) is 36.9 Å². The third-order valence-corrected chi connectivity index (χ3v) is 8.45. The molecule has 0 bridgehead atoms. The summed E-state index contributed by atoms with van der Waals surface area (Å²) in [4.78, 5) is 0. The normalized spacial score (nSPS) is 10.5. The average Bonchev–Trinajstić information content (AvgIpc) is 3.12. The van der Waals surface area contributed by atoms with E-state index in [0.29, 0.717) is 10.2 Å². The molecule has 10 heteroatoms. The first kappa shape index (κ1) is 41.9. The third-order valence-electron chi connectivity index (χ3n) is 7.92. The van der Waals surface area contributed by atoms with Crippen LogP contribution in [0.2, 0.25) is 0 Å². The molecule has 0 aliphatic carbocycles. The maximum atomic E-state index is 5.62. The van der Waals surface area contributed by atoms with Gasteiger partial charge >= 0.3 is 0 Å². The van der Waals surface area contributed by atoms with Crippen molar-refractivity contribution in [2.45, 2.75) is 44.2 Å². The molecule has 0 saturated carbocycles. The first-order valence-corrected chi connectivity index (χ1v) is 17.7. The summed E-state index contributed by atoms with van der Waals surface area (Å²) in [6.45, 7) is 5.75. The summed E-state index contributed by atoms with van der Waals surface area (Å²) < 4.78 is 0. The number of unbranched alkanes of at least 4 members (excludes halogenated alkanes) is 2. The van der Waals surface area contributed by atoms with Crippen LogP contribution in [0.25, 0.3) is 0 Å². The number of nitrogens with one attached hydrogen (secondary N) is 6. The van der Waals surface area contributed by atoms with Gasteiger partial charge in [-0.3, -0.25) is 0 Å². The lowest BCUT2D eigenvalue weighted by molar-refractivity contribution is 0.557. The van der Waals surface area contributed by atoms with E-state index in [1.54, 1.807) is 0 Å². The van der Waals surface area contributed by atoms with Crippen LogP contribution >= 0.6 is 49.2 Å². The highest BCUT2D eigenvalue weighted by molar-refractivity contribution is 7.80. The molecule has 4 aromatic carbocycles. The first-order valence-electron chi connectivity index (χ1n) is 16.9. The van der Waals surface area contributed by atoms with Gasteiger partial charge in [-0.1, -0.05) is 128 Å². The van der Waals surface area contributed by atoms with Crippen molar-refractivity contribution in [2.24, 2.45) is 0 Å². The molecule has 0 aliphatic heterocycles. The topological polar surface area (TPSA) is 72.2 Å². The maximum absolute atomic E-state index is 5.62. The zero-order chi connectivity index (χ0) is 32.8. The third kappa shape index (κ3) is 16.3. The molecule has 0 atom stereocenters. The molecular formula is C39H52Cl2N6S2. The Bertz CT molecular complexity index is 1230. The van der Waals surface area contributed by atoms with Crippen LogP contribution < -0.4 is 31.9 Å². The number of benzene rings is 4. The van der Waals surface area contributed by atoms with Crippen LogP contribution in [0.15, 0.2) is 121 Å². The van der Waals surface area contributed by atoms with Crippen molar-refractivity contribution in [3.63, 3.8) is 0 Å². The van der Waals surface area contributed by atoms with Crippen LogP contribution in [-0.4, -0.2) is 49.5 Å². The van der Waals surface area contributed by atoms with Crippen molar-refractivity contribution in [1.29, 1.82) is 0 Å². The highest BCUT2D eigenvalue weighted by Crippen LogP contribution is 2.22. The Balaban J connectivity index is 0.00000417. The first-order chi connectivity index (χ1) is 23.2. The summed E-state index contributed by atoms with van der Waals surface area (Å²) in [5.41, 5.74) is 4.78. The van der Waals surface area contributed by atoms with Crippen molar-refractivity contribution >= 4 is 59.5 Å². The smallest absolute Gasteiger partial charge is 0.167 e. The predicted octanol–water partition coefficient (Wildman–Crippen LogP) is 7.47. The summed E-state index contributed by atoms with van der Waals surface area (Å²) in [6.07, 6.45) is 5.65. The second kappa shape index (κ2) is 25.7. The molecule has 4 aromatic rings. The van der Waals surface area contributed by atoms with E-state index < -0.39 is 0 Å². The van der Waals surface area contributed by atoms with Gasteiger partial charge in [0.15, 0.2) is 10.2 Å². The zero-order valence-electron chi connectivity index (χ0n) is 28.1. The molecular weight excluding hydrogens is 688 g/mol. The van der Waals surface area contributed by atoms with Gasteiger partial charge in [-0.25, -0.2) is 0 Å². The van der Waals surface area contributed by atoms with Gasteiger partial charge in [-0.05, 0) is 98.6 Å². The highest BCUT2D eigenvalue weighted by Gasteiger charge is 2.15. The summed E-state index contributed by atoms with van der Waals surface area (Å²) in [5, 5.41) is 22.3. The van der Waals surface area contributed by atoms with Gasteiger partial charge < -0.3 is 31.9 Å². The number of hydrogen-bond acceptors (Lipinski definition) is 4. The molecule has 4 rings (SSSR count). The summed E-state index contributed by atoms with van der Waals surface area (Å²) in [7, 11) is 0. The SMILES string of the molecule is Cl.Cl.S=C(NCCCNCCCCCNCCCNC(=S)NC(c1ccccc1)c1ccccc1)NC(c1ccccc1)c1ccccc1. The maximum Gasteiger partial charge on any atom is 0.167 e.